The maximum Gasteiger partial charge on any atom is 0.350 e. The molecule has 0 aromatic heterocycles. The van der Waals surface area contributed by atoms with E-state index in [1.165, 1.54) is 18.2 Å². The summed E-state index contributed by atoms with van der Waals surface area (Å²) in [6, 6.07) is 24.1. The third-order valence-corrected chi connectivity index (χ3v) is 9.17. The number of carbonyl (C=O) groups is 1. The Kier molecular flexibility index (Phi) is 8.72. The SMILES string of the molecule is COC(=O)C1(Oc2cccc(Cl)c2)CCC2(CC1)c1ccccc1CC2C[C@@H](C)COCc1ccc(OC)cc1. The van der Waals surface area contributed by atoms with Crippen molar-refractivity contribution in [3.8, 4) is 11.5 Å². The molecule has 3 aromatic carbocycles. The molecule has 1 fully saturated rings. The lowest BCUT2D eigenvalue weighted by Gasteiger charge is -2.47. The molecule has 2 aliphatic rings. The molecular weight excluding hydrogens is 524 g/mol. The number of halogens is 1. The molecule has 6 heteroatoms. The van der Waals surface area contributed by atoms with Crippen LogP contribution in [0.3, 0.4) is 0 Å². The zero-order chi connectivity index (χ0) is 28.2. The molecule has 0 aliphatic heterocycles. The van der Waals surface area contributed by atoms with Crippen molar-refractivity contribution in [1.29, 1.82) is 0 Å². The average molecular weight is 563 g/mol. The molecule has 0 saturated heterocycles. The maximum absolute atomic E-state index is 13.2. The molecule has 0 heterocycles. The van der Waals surface area contributed by atoms with Gasteiger partial charge in [-0.3, -0.25) is 0 Å². The number of benzene rings is 3. The first kappa shape index (κ1) is 28.5. The van der Waals surface area contributed by atoms with E-state index in [1.54, 1.807) is 19.2 Å². The predicted octanol–water partition coefficient (Wildman–Crippen LogP) is 7.57. The van der Waals surface area contributed by atoms with Crippen LogP contribution in [0.25, 0.3) is 0 Å². The second-order valence-electron chi connectivity index (χ2n) is 11.5. The van der Waals surface area contributed by atoms with Crippen LogP contribution in [-0.4, -0.2) is 32.4 Å². The Labute approximate surface area is 242 Å². The van der Waals surface area contributed by atoms with Crippen LogP contribution in [0.15, 0.2) is 72.8 Å². The summed E-state index contributed by atoms with van der Waals surface area (Å²) in [5, 5.41) is 0.581. The van der Waals surface area contributed by atoms with Gasteiger partial charge in [0.15, 0.2) is 0 Å². The average Bonchev–Trinajstić information content (AvgIpc) is 3.26. The summed E-state index contributed by atoms with van der Waals surface area (Å²) in [4.78, 5) is 13.2. The number of carbonyl (C=O) groups excluding carboxylic acids is 1. The molecule has 1 spiro atoms. The van der Waals surface area contributed by atoms with Gasteiger partial charge in [-0.15, -0.1) is 0 Å². The third kappa shape index (κ3) is 5.87. The van der Waals surface area contributed by atoms with Crippen LogP contribution in [-0.2, 0) is 32.7 Å². The maximum atomic E-state index is 13.2. The number of hydrogen-bond donors (Lipinski definition) is 0. The fourth-order valence-corrected chi connectivity index (χ4v) is 7.07. The molecule has 0 radical (unpaired) electrons. The molecule has 2 aliphatic carbocycles. The highest BCUT2D eigenvalue weighted by atomic mass is 35.5. The standard InChI is InChI=1S/C34H39ClO5/c1-24(22-39-23-25-11-13-29(37-2)14-12-25)19-27-20-26-7-4-5-10-31(26)33(27)15-17-34(18-16-33,32(36)38-3)40-30-9-6-8-28(35)21-30/h4-14,21,24,27H,15-20,22-23H2,1-3H3/t24-,27?,33?,34?/m1/s1. The van der Waals surface area contributed by atoms with Gasteiger partial charge in [0.05, 0.1) is 20.8 Å². The van der Waals surface area contributed by atoms with Crippen molar-refractivity contribution in [3.05, 3.63) is 94.5 Å². The lowest BCUT2D eigenvalue weighted by atomic mass is 9.60. The van der Waals surface area contributed by atoms with Crippen molar-refractivity contribution in [3.63, 3.8) is 0 Å². The number of esters is 1. The zero-order valence-electron chi connectivity index (χ0n) is 23.7. The molecule has 212 valence electrons. The highest BCUT2D eigenvalue weighted by Gasteiger charge is 2.55. The fraction of sp³-hybridized carbons (Fsp3) is 0.441. The molecule has 1 saturated carbocycles. The first-order chi connectivity index (χ1) is 19.4. The van der Waals surface area contributed by atoms with E-state index in [1.807, 2.05) is 36.4 Å². The minimum absolute atomic E-state index is 0.00997. The molecule has 40 heavy (non-hydrogen) atoms. The van der Waals surface area contributed by atoms with Crippen molar-refractivity contribution < 1.29 is 23.7 Å². The summed E-state index contributed by atoms with van der Waals surface area (Å²) >= 11 is 6.22. The molecule has 0 N–H and O–H groups in total. The van der Waals surface area contributed by atoms with Crippen LogP contribution < -0.4 is 9.47 Å². The third-order valence-electron chi connectivity index (χ3n) is 8.94. The quantitative estimate of drug-likeness (QED) is 0.239. The van der Waals surface area contributed by atoms with Crippen molar-refractivity contribution in [2.45, 2.75) is 63.1 Å². The summed E-state index contributed by atoms with van der Waals surface area (Å²) in [6.07, 6.45) is 5.04. The summed E-state index contributed by atoms with van der Waals surface area (Å²) < 4.78 is 23.1. The second-order valence-corrected chi connectivity index (χ2v) is 11.9. The number of hydrogen-bond acceptors (Lipinski definition) is 5. The van der Waals surface area contributed by atoms with E-state index in [-0.39, 0.29) is 11.4 Å². The second kappa shape index (κ2) is 12.2. The van der Waals surface area contributed by atoms with Crippen molar-refractivity contribution in [2.75, 3.05) is 20.8 Å². The van der Waals surface area contributed by atoms with Crippen LogP contribution in [0.2, 0.25) is 5.02 Å². The Bertz CT molecular complexity index is 1300. The van der Waals surface area contributed by atoms with E-state index in [2.05, 4.69) is 31.2 Å². The van der Waals surface area contributed by atoms with Crippen LogP contribution in [0.1, 0.15) is 55.7 Å². The van der Waals surface area contributed by atoms with Crippen molar-refractivity contribution in [1.82, 2.24) is 0 Å². The Balaban J connectivity index is 1.29. The minimum Gasteiger partial charge on any atom is -0.497 e. The molecule has 0 bridgehead atoms. The largest absolute Gasteiger partial charge is 0.497 e. The summed E-state index contributed by atoms with van der Waals surface area (Å²) in [7, 11) is 3.12. The zero-order valence-corrected chi connectivity index (χ0v) is 24.4. The number of rotatable bonds is 10. The van der Waals surface area contributed by atoms with Crippen LogP contribution in [0.4, 0.5) is 0 Å². The Hall–Kier alpha value is -3.02. The van der Waals surface area contributed by atoms with E-state index >= 15 is 0 Å². The van der Waals surface area contributed by atoms with Crippen LogP contribution in [0.5, 0.6) is 11.5 Å². The Morgan fingerprint density at radius 2 is 1.70 bits per heavy atom. The molecule has 3 aromatic rings. The molecule has 1 unspecified atom stereocenters. The first-order valence-electron chi connectivity index (χ1n) is 14.2. The molecule has 2 atom stereocenters. The van der Waals surface area contributed by atoms with Gasteiger partial charge in [-0.1, -0.05) is 61.0 Å². The lowest BCUT2D eigenvalue weighted by Crippen LogP contribution is -2.52. The van der Waals surface area contributed by atoms with Gasteiger partial charge in [0.1, 0.15) is 11.5 Å². The smallest absolute Gasteiger partial charge is 0.350 e. The van der Waals surface area contributed by atoms with Crippen LogP contribution >= 0.6 is 11.6 Å². The number of fused-ring (bicyclic) bond motifs is 2. The van der Waals surface area contributed by atoms with E-state index in [4.69, 9.17) is 30.5 Å². The van der Waals surface area contributed by atoms with Crippen molar-refractivity contribution >= 4 is 17.6 Å². The van der Waals surface area contributed by atoms with Gasteiger partial charge >= 0.3 is 5.97 Å². The van der Waals surface area contributed by atoms with Gasteiger partial charge in [-0.05, 0) is 103 Å². The van der Waals surface area contributed by atoms with E-state index in [9.17, 15) is 4.79 Å². The molecular formula is C34H39ClO5. The van der Waals surface area contributed by atoms with Gasteiger partial charge in [-0.2, -0.15) is 0 Å². The Morgan fingerprint density at radius 3 is 2.40 bits per heavy atom. The molecule has 5 rings (SSSR count). The van der Waals surface area contributed by atoms with Gasteiger partial charge in [0, 0.05) is 11.6 Å². The highest BCUT2D eigenvalue weighted by molar-refractivity contribution is 6.30. The predicted molar refractivity (Wildman–Crippen MR) is 157 cm³/mol. The molecule has 5 nitrogen and oxygen atoms in total. The number of ether oxygens (including phenoxy) is 4. The summed E-state index contributed by atoms with van der Waals surface area (Å²) in [6.45, 7) is 3.58. The first-order valence-corrected chi connectivity index (χ1v) is 14.6. The number of methoxy groups -OCH3 is 2. The monoisotopic (exact) mass is 562 g/mol. The minimum atomic E-state index is -1.01. The normalized spacial score (nSPS) is 24.4. The highest BCUT2D eigenvalue weighted by Crippen LogP contribution is 2.56. The topological polar surface area (TPSA) is 54.0 Å². The van der Waals surface area contributed by atoms with Gasteiger partial charge in [0.2, 0.25) is 5.60 Å². The molecule has 0 amide bonds. The van der Waals surface area contributed by atoms with Crippen molar-refractivity contribution in [2.24, 2.45) is 11.8 Å². The lowest BCUT2D eigenvalue weighted by molar-refractivity contribution is -0.164. The Morgan fingerprint density at radius 1 is 0.950 bits per heavy atom. The van der Waals surface area contributed by atoms with Gasteiger partial charge in [0.25, 0.3) is 0 Å². The summed E-state index contributed by atoms with van der Waals surface area (Å²) in [5.74, 6) is 2.02. The van der Waals surface area contributed by atoms with E-state index < -0.39 is 5.60 Å². The van der Waals surface area contributed by atoms with E-state index in [0.717, 1.165) is 37.0 Å². The van der Waals surface area contributed by atoms with E-state index in [0.29, 0.717) is 48.7 Å². The fourth-order valence-electron chi connectivity index (χ4n) is 6.89. The van der Waals surface area contributed by atoms with Gasteiger partial charge < -0.3 is 18.9 Å². The van der Waals surface area contributed by atoms with Gasteiger partial charge in [-0.25, -0.2) is 4.79 Å². The summed E-state index contributed by atoms with van der Waals surface area (Å²) in [5.41, 5.74) is 3.01. The van der Waals surface area contributed by atoms with Crippen LogP contribution in [0, 0.1) is 11.8 Å².